The van der Waals surface area contributed by atoms with Gasteiger partial charge in [0.25, 0.3) is 0 Å². The number of rotatable bonds is 4. The fraction of sp³-hybridized carbons (Fsp3) is 0.400. The molecule has 2 fully saturated rings. The van der Waals surface area contributed by atoms with E-state index in [1.54, 1.807) is 0 Å². The van der Waals surface area contributed by atoms with E-state index in [-0.39, 0.29) is 11.8 Å². The maximum atomic E-state index is 6.73. The molecule has 2 heterocycles. The number of fused-ring (bicyclic) bond motifs is 2. The van der Waals surface area contributed by atoms with Crippen molar-refractivity contribution in [3.63, 3.8) is 0 Å². The van der Waals surface area contributed by atoms with E-state index in [9.17, 15) is 0 Å². The van der Waals surface area contributed by atoms with Crippen LogP contribution in [0.4, 0.5) is 0 Å². The molecular weight excluding hydrogens is 270 g/mol. The molecule has 2 aromatic carbocycles. The van der Waals surface area contributed by atoms with Gasteiger partial charge in [-0.2, -0.15) is 0 Å². The molecule has 1 N–H and O–H groups in total. The van der Waals surface area contributed by atoms with Crippen LogP contribution in [-0.2, 0) is 4.74 Å². The standard InChI is InChI=1S/C20H23NO/c1-3-8-16(9-4-1)19(17-10-5-2-6-11-17)22-20-14-7-12-18(21-20)13-15-20/h1-6,8-11,18-19,21H,7,12-15H2. The molecule has 0 radical (unpaired) electrons. The normalized spacial score (nSPS) is 27.2. The number of ether oxygens (including phenoxy) is 1. The lowest BCUT2D eigenvalue weighted by molar-refractivity contribution is -0.107. The second kappa shape index (κ2) is 5.86. The molecule has 0 saturated carbocycles. The van der Waals surface area contributed by atoms with Crippen LogP contribution < -0.4 is 5.32 Å². The molecule has 2 unspecified atom stereocenters. The Morgan fingerprint density at radius 1 is 0.864 bits per heavy atom. The first-order valence-electron chi connectivity index (χ1n) is 8.40. The minimum atomic E-state index is -0.126. The van der Waals surface area contributed by atoms with Crippen molar-refractivity contribution in [3.05, 3.63) is 71.8 Å². The number of hydrogen-bond acceptors (Lipinski definition) is 2. The Morgan fingerprint density at radius 3 is 2.14 bits per heavy atom. The van der Waals surface area contributed by atoms with Crippen molar-refractivity contribution in [1.29, 1.82) is 0 Å². The van der Waals surface area contributed by atoms with Crippen molar-refractivity contribution in [3.8, 4) is 0 Å². The molecule has 0 aromatic heterocycles. The number of hydrogen-bond donors (Lipinski definition) is 1. The van der Waals surface area contributed by atoms with E-state index in [0.29, 0.717) is 6.04 Å². The summed E-state index contributed by atoms with van der Waals surface area (Å²) in [6.45, 7) is 0. The molecule has 2 atom stereocenters. The highest BCUT2D eigenvalue weighted by Gasteiger charge is 2.44. The quantitative estimate of drug-likeness (QED) is 0.900. The van der Waals surface area contributed by atoms with Gasteiger partial charge < -0.3 is 4.74 Å². The monoisotopic (exact) mass is 293 g/mol. The molecule has 4 rings (SSSR count). The van der Waals surface area contributed by atoms with Gasteiger partial charge in [0.2, 0.25) is 0 Å². The average Bonchev–Trinajstić information content (AvgIpc) is 2.88. The van der Waals surface area contributed by atoms with Crippen molar-refractivity contribution in [2.24, 2.45) is 0 Å². The van der Waals surface area contributed by atoms with Crippen molar-refractivity contribution < 1.29 is 4.74 Å². The Kier molecular flexibility index (Phi) is 3.73. The van der Waals surface area contributed by atoms with Crippen LogP contribution in [0.3, 0.4) is 0 Å². The van der Waals surface area contributed by atoms with Crippen molar-refractivity contribution in [2.45, 2.75) is 50.0 Å². The van der Waals surface area contributed by atoms with Gasteiger partial charge in [-0.05, 0) is 43.2 Å². The minimum Gasteiger partial charge on any atom is -0.348 e. The first-order valence-corrected chi connectivity index (χ1v) is 8.40. The van der Waals surface area contributed by atoms with E-state index in [4.69, 9.17) is 4.74 Å². The van der Waals surface area contributed by atoms with Gasteiger partial charge in [0.05, 0.1) is 0 Å². The zero-order chi connectivity index (χ0) is 14.8. The van der Waals surface area contributed by atoms with E-state index in [2.05, 4.69) is 66.0 Å². The van der Waals surface area contributed by atoms with Crippen LogP contribution in [0.25, 0.3) is 0 Å². The lowest BCUT2D eigenvalue weighted by Crippen LogP contribution is -2.49. The van der Waals surface area contributed by atoms with Crippen molar-refractivity contribution >= 4 is 0 Å². The van der Waals surface area contributed by atoms with E-state index in [0.717, 1.165) is 12.8 Å². The summed E-state index contributed by atoms with van der Waals surface area (Å²) in [5.74, 6) is 0. The highest BCUT2D eigenvalue weighted by atomic mass is 16.5. The molecule has 0 spiro atoms. The molecule has 2 aliphatic heterocycles. The van der Waals surface area contributed by atoms with E-state index < -0.39 is 0 Å². The summed E-state index contributed by atoms with van der Waals surface area (Å²) in [5.41, 5.74) is 2.34. The molecule has 0 amide bonds. The molecular formula is C20H23NO. The number of nitrogens with one attached hydrogen (secondary N) is 1. The minimum absolute atomic E-state index is 0.00625. The molecule has 2 nitrogen and oxygen atoms in total. The van der Waals surface area contributed by atoms with Gasteiger partial charge in [-0.3, -0.25) is 5.32 Å². The highest BCUT2D eigenvalue weighted by Crippen LogP contribution is 2.41. The second-order valence-electron chi connectivity index (χ2n) is 6.59. The summed E-state index contributed by atoms with van der Waals surface area (Å²) >= 11 is 0. The summed E-state index contributed by atoms with van der Waals surface area (Å²) in [6, 6.07) is 21.8. The third-order valence-corrected chi connectivity index (χ3v) is 5.05. The fourth-order valence-electron chi connectivity index (χ4n) is 3.93. The van der Waals surface area contributed by atoms with Crippen molar-refractivity contribution in [1.82, 2.24) is 5.32 Å². The highest BCUT2D eigenvalue weighted by molar-refractivity contribution is 5.30. The first kappa shape index (κ1) is 14.0. The lowest BCUT2D eigenvalue weighted by atomic mass is 9.98. The Balaban J connectivity index is 1.66. The molecule has 2 saturated heterocycles. The largest absolute Gasteiger partial charge is 0.348 e. The van der Waals surface area contributed by atoms with Gasteiger partial charge in [-0.15, -0.1) is 0 Å². The summed E-state index contributed by atoms with van der Waals surface area (Å²) < 4.78 is 6.73. The molecule has 2 heteroatoms. The summed E-state index contributed by atoms with van der Waals surface area (Å²) in [4.78, 5) is 0. The topological polar surface area (TPSA) is 21.3 Å². The predicted molar refractivity (Wildman–Crippen MR) is 88.6 cm³/mol. The SMILES string of the molecule is c1ccc(C(OC23CCCC(CC2)N3)c2ccccc2)cc1. The average molecular weight is 293 g/mol. The van der Waals surface area contributed by atoms with Gasteiger partial charge in [0.1, 0.15) is 11.8 Å². The summed E-state index contributed by atoms with van der Waals surface area (Å²) in [5, 5.41) is 3.75. The molecule has 0 aliphatic carbocycles. The Hall–Kier alpha value is -1.64. The van der Waals surface area contributed by atoms with Crippen LogP contribution >= 0.6 is 0 Å². The molecule has 2 aromatic rings. The first-order chi connectivity index (χ1) is 10.8. The summed E-state index contributed by atoms with van der Waals surface area (Å²) in [6.07, 6.45) is 6.08. The van der Waals surface area contributed by atoms with Gasteiger partial charge in [0.15, 0.2) is 0 Å². The van der Waals surface area contributed by atoms with E-state index in [1.807, 2.05) is 0 Å². The van der Waals surface area contributed by atoms with Crippen LogP contribution in [0.2, 0.25) is 0 Å². The van der Waals surface area contributed by atoms with Crippen LogP contribution in [0, 0.1) is 0 Å². The van der Waals surface area contributed by atoms with Crippen LogP contribution in [0.1, 0.15) is 49.3 Å². The predicted octanol–water partition coefficient (Wildman–Crippen LogP) is 4.42. The van der Waals surface area contributed by atoms with E-state index in [1.165, 1.54) is 30.4 Å². The molecule has 2 aliphatic rings. The number of benzene rings is 2. The van der Waals surface area contributed by atoms with Gasteiger partial charge >= 0.3 is 0 Å². The van der Waals surface area contributed by atoms with Crippen LogP contribution in [0.15, 0.2) is 60.7 Å². The third-order valence-electron chi connectivity index (χ3n) is 5.05. The zero-order valence-electron chi connectivity index (χ0n) is 12.9. The van der Waals surface area contributed by atoms with Gasteiger partial charge in [-0.25, -0.2) is 0 Å². The van der Waals surface area contributed by atoms with Crippen molar-refractivity contribution in [2.75, 3.05) is 0 Å². The van der Waals surface area contributed by atoms with Gasteiger partial charge in [0, 0.05) is 6.04 Å². The molecule has 114 valence electrons. The maximum absolute atomic E-state index is 6.73. The zero-order valence-corrected chi connectivity index (χ0v) is 12.9. The van der Waals surface area contributed by atoms with E-state index >= 15 is 0 Å². The fourth-order valence-corrected chi connectivity index (χ4v) is 3.93. The Bertz CT molecular complexity index is 569. The molecule has 22 heavy (non-hydrogen) atoms. The second-order valence-corrected chi connectivity index (χ2v) is 6.59. The summed E-state index contributed by atoms with van der Waals surface area (Å²) in [7, 11) is 0. The molecule has 2 bridgehead atoms. The smallest absolute Gasteiger partial charge is 0.120 e. The Morgan fingerprint density at radius 2 is 1.50 bits per heavy atom. The van der Waals surface area contributed by atoms with Crippen LogP contribution in [0.5, 0.6) is 0 Å². The maximum Gasteiger partial charge on any atom is 0.120 e. The third kappa shape index (κ3) is 2.69. The van der Waals surface area contributed by atoms with Crippen LogP contribution in [-0.4, -0.2) is 11.8 Å². The Labute approximate surface area is 132 Å². The number of piperidine rings is 1. The lowest BCUT2D eigenvalue weighted by Gasteiger charge is -2.38. The van der Waals surface area contributed by atoms with Gasteiger partial charge in [-0.1, -0.05) is 60.7 Å².